The molecule has 0 saturated heterocycles. The van der Waals surface area contributed by atoms with Crippen LogP contribution in [-0.4, -0.2) is 52.2 Å². The van der Waals surface area contributed by atoms with Crippen molar-refractivity contribution in [1.82, 2.24) is 0 Å². The van der Waals surface area contributed by atoms with Gasteiger partial charge in [0, 0.05) is 19.6 Å². The SMILES string of the molecule is CCCCCCCCCOCCOCCOCCCC(=O)OCCCCCC. The predicted molar refractivity (Wildman–Crippen MR) is 115 cm³/mol. The molecule has 0 rings (SSSR count). The fraction of sp³-hybridized carbons (Fsp3) is 0.957. The molecule has 0 aliphatic rings. The van der Waals surface area contributed by atoms with Crippen LogP contribution in [0.3, 0.4) is 0 Å². The zero-order valence-corrected chi connectivity index (χ0v) is 18.7. The van der Waals surface area contributed by atoms with Crippen molar-refractivity contribution in [2.75, 3.05) is 46.2 Å². The van der Waals surface area contributed by atoms with Gasteiger partial charge in [-0.25, -0.2) is 0 Å². The van der Waals surface area contributed by atoms with E-state index in [2.05, 4.69) is 13.8 Å². The molecule has 28 heavy (non-hydrogen) atoms. The summed E-state index contributed by atoms with van der Waals surface area (Å²) in [4.78, 5) is 11.5. The van der Waals surface area contributed by atoms with Crippen LogP contribution < -0.4 is 0 Å². The lowest BCUT2D eigenvalue weighted by Crippen LogP contribution is -2.11. The number of esters is 1. The number of carbonyl (C=O) groups excluding carboxylic acids is 1. The quantitative estimate of drug-likeness (QED) is 0.162. The fourth-order valence-corrected chi connectivity index (χ4v) is 2.81. The first-order valence-electron chi connectivity index (χ1n) is 11.7. The maximum atomic E-state index is 11.5. The second kappa shape index (κ2) is 24.4. The van der Waals surface area contributed by atoms with Crippen molar-refractivity contribution in [3.63, 3.8) is 0 Å². The van der Waals surface area contributed by atoms with E-state index in [1.54, 1.807) is 0 Å². The molecule has 0 aliphatic carbocycles. The normalized spacial score (nSPS) is 11.1. The Balaban J connectivity index is 3.09. The van der Waals surface area contributed by atoms with Gasteiger partial charge in [0.05, 0.1) is 33.0 Å². The molecule has 5 heteroatoms. The molecule has 5 nitrogen and oxygen atoms in total. The molecule has 0 spiro atoms. The van der Waals surface area contributed by atoms with E-state index in [0.29, 0.717) is 52.5 Å². The van der Waals surface area contributed by atoms with Gasteiger partial charge >= 0.3 is 5.97 Å². The van der Waals surface area contributed by atoms with E-state index >= 15 is 0 Å². The Morgan fingerprint density at radius 1 is 0.500 bits per heavy atom. The lowest BCUT2D eigenvalue weighted by Gasteiger charge is -2.07. The molecule has 0 N–H and O–H groups in total. The molecule has 0 heterocycles. The number of hydrogen-bond acceptors (Lipinski definition) is 5. The van der Waals surface area contributed by atoms with Crippen LogP contribution in [0.4, 0.5) is 0 Å². The van der Waals surface area contributed by atoms with E-state index < -0.39 is 0 Å². The van der Waals surface area contributed by atoms with Crippen LogP contribution in [-0.2, 0) is 23.7 Å². The molecule has 0 saturated carbocycles. The summed E-state index contributed by atoms with van der Waals surface area (Å²) >= 11 is 0. The highest BCUT2D eigenvalue weighted by atomic mass is 16.5. The molecule has 0 aromatic rings. The average Bonchev–Trinajstić information content (AvgIpc) is 2.70. The fourth-order valence-electron chi connectivity index (χ4n) is 2.81. The molecular formula is C23H46O5. The first kappa shape index (κ1) is 27.4. The predicted octanol–water partition coefficient (Wildman–Crippen LogP) is 5.69. The zero-order chi connectivity index (χ0) is 20.5. The van der Waals surface area contributed by atoms with Crippen molar-refractivity contribution in [1.29, 1.82) is 0 Å². The Hall–Kier alpha value is -0.650. The standard InChI is InChI=1S/C23H46O5/c1-3-5-7-9-10-11-12-16-25-19-21-27-22-20-26-17-14-15-23(24)28-18-13-8-6-4-2/h3-22H2,1-2H3. The zero-order valence-electron chi connectivity index (χ0n) is 18.7. The number of rotatable bonds is 23. The van der Waals surface area contributed by atoms with Gasteiger partial charge < -0.3 is 18.9 Å². The number of carbonyl (C=O) groups is 1. The topological polar surface area (TPSA) is 54.0 Å². The molecule has 0 aromatic carbocycles. The van der Waals surface area contributed by atoms with Crippen molar-refractivity contribution in [3.8, 4) is 0 Å². The highest BCUT2D eigenvalue weighted by Crippen LogP contribution is 2.06. The molecule has 0 bridgehead atoms. The summed E-state index contributed by atoms with van der Waals surface area (Å²) in [6, 6.07) is 0. The molecular weight excluding hydrogens is 356 g/mol. The molecule has 0 radical (unpaired) electrons. The third-order valence-corrected chi connectivity index (χ3v) is 4.57. The Kier molecular flexibility index (Phi) is 23.8. The monoisotopic (exact) mass is 402 g/mol. The van der Waals surface area contributed by atoms with Gasteiger partial charge in [0.25, 0.3) is 0 Å². The third kappa shape index (κ3) is 23.4. The summed E-state index contributed by atoms with van der Waals surface area (Å²) < 4.78 is 21.7. The van der Waals surface area contributed by atoms with Crippen LogP contribution in [0.5, 0.6) is 0 Å². The van der Waals surface area contributed by atoms with Crippen LogP contribution in [0.25, 0.3) is 0 Å². The Morgan fingerprint density at radius 2 is 0.929 bits per heavy atom. The average molecular weight is 403 g/mol. The van der Waals surface area contributed by atoms with Crippen LogP contribution in [0.15, 0.2) is 0 Å². The van der Waals surface area contributed by atoms with Crippen LogP contribution in [0, 0.1) is 0 Å². The first-order valence-corrected chi connectivity index (χ1v) is 11.7. The molecule has 0 aromatic heterocycles. The molecule has 0 aliphatic heterocycles. The summed E-state index contributed by atoms with van der Waals surface area (Å²) in [5.74, 6) is -0.116. The maximum Gasteiger partial charge on any atom is 0.305 e. The number of unbranched alkanes of at least 4 members (excludes halogenated alkanes) is 9. The molecule has 0 unspecified atom stereocenters. The van der Waals surface area contributed by atoms with Gasteiger partial charge in [-0.3, -0.25) is 4.79 Å². The van der Waals surface area contributed by atoms with E-state index in [9.17, 15) is 4.79 Å². The van der Waals surface area contributed by atoms with Gasteiger partial charge in [-0.1, -0.05) is 71.6 Å². The Labute approximate surface area is 173 Å². The van der Waals surface area contributed by atoms with E-state index in [0.717, 1.165) is 25.9 Å². The van der Waals surface area contributed by atoms with E-state index in [1.807, 2.05) is 0 Å². The van der Waals surface area contributed by atoms with Crippen LogP contribution >= 0.6 is 0 Å². The van der Waals surface area contributed by atoms with E-state index in [-0.39, 0.29) is 5.97 Å². The van der Waals surface area contributed by atoms with Gasteiger partial charge in [-0.15, -0.1) is 0 Å². The summed E-state index contributed by atoms with van der Waals surface area (Å²) in [5, 5.41) is 0. The summed E-state index contributed by atoms with van der Waals surface area (Å²) in [7, 11) is 0. The Bertz CT molecular complexity index is 309. The first-order chi connectivity index (χ1) is 13.8. The van der Waals surface area contributed by atoms with Crippen molar-refractivity contribution < 1.29 is 23.7 Å². The molecule has 0 fully saturated rings. The Morgan fingerprint density at radius 3 is 1.54 bits per heavy atom. The minimum absolute atomic E-state index is 0.116. The summed E-state index contributed by atoms with van der Waals surface area (Å²) in [6.07, 6.45) is 14.8. The minimum atomic E-state index is -0.116. The lowest BCUT2D eigenvalue weighted by atomic mass is 10.1. The van der Waals surface area contributed by atoms with Crippen molar-refractivity contribution in [2.24, 2.45) is 0 Å². The number of ether oxygens (including phenoxy) is 4. The lowest BCUT2D eigenvalue weighted by molar-refractivity contribution is -0.144. The molecule has 168 valence electrons. The van der Waals surface area contributed by atoms with E-state index in [4.69, 9.17) is 18.9 Å². The van der Waals surface area contributed by atoms with Crippen molar-refractivity contribution >= 4 is 5.97 Å². The van der Waals surface area contributed by atoms with Gasteiger partial charge in [-0.05, 0) is 19.3 Å². The highest BCUT2D eigenvalue weighted by molar-refractivity contribution is 5.69. The van der Waals surface area contributed by atoms with Crippen molar-refractivity contribution in [3.05, 3.63) is 0 Å². The summed E-state index contributed by atoms with van der Waals surface area (Å²) in [5.41, 5.74) is 0. The van der Waals surface area contributed by atoms with Gasteiger partial charge in [-0.2, -0.15) is 0 Å². The molecule has 0 atom stereocenters. The highest BCUT2D eigenvalue weighted by Gasteiger charge is 2.02. The molecule has 0 amide bonds. The van der Waals surface area contributed by atoms with Gasteiger partial charge in [0.15, 0.2) is 0 Å². The van der Waals surface area contributed by atoms with Crippen LogP contribution in [0.1, 0.15) is 97.3 Å². The van der Waals surface area contributed by atoms with Crippen LogP contribution in [0.2, 0.25) is 0 Å². The largest absolute Gasteiger partial charge is 0.466 e. The second-order valence-electron chi connectivity index (χ2n) is 7.34. The third-order valence-electron chi connectivity index (χ3n) is 4.57. The van der Waals surface area contributed by atoms with Gasteiger partial charge in [0.1, 0.15) is 0 Å². The van der Waals surface area contributed by atoms with Crippen molar-refractivity contribution in [2.45, 2.75) is 97.3 Å². The van der Waals surface area contributed by atoms with Gasteiger partial charge in [0.2, 0.25) is 0 Å². The number of hydrogen-bond donors (Lipinski definition) is 0. The summed E-state index contributed by atoms with van der Waals surface area (Å²) in [6.45, 7) is 8.77. The van der Waals surface area contributed by atoms with E-state index in [1.165, 1.54) is 51.4 Å². The minimum Gasteiger partial charge on any atom is -0.466 e. The second-order valence-corrected chi connectivity index (χ2v) is 7.34. The maximum absolute atomic E-state index is 11.5. The smallest absolute Gasteiger partial charge is 0.305 e.